The molecule has 1 amide bonds. The first-order valence-corrected chi connectivity index (χ1v) is 8.05. The molecule has 0 atom stereocenters. The van der Waals surface area contributed by atoms with E-state index in [1.54, 1.807) is 22.7 Å². The minimum atomic E-state index is 0. The van der Waals surface area contributed by atoms with Gasteiger partial charge in [-0.3, -0.25) is 4.79 Å². The van der Waals surface area contributed by atoms with E-state index >= 15 is 0 Å². The van der Waals surface area contributed by atoms with Gasteiger partial charge in [-0.15, -0.1) is 35.1 Å². The zero-order chi connectivity index (χ0) is 13.1. The predicted octanol–water partition coefficient (Wildman–Crippen LogP) is 2.27. The molecular formula is C13H16ClN3OS2. The number of carbonyl (C=O) groups is 1. The standard InChI is InChI=1S/C13H15N3OS2.ClH/c17-12(16-5-3-14-4-6-16)8-10-9-19-13(15-10)11-2-1-7-18-11;/h1-2,7,9,14H,3-6,8H2;1H. The lowest BCUT2D eigenvalue weighted by atomic mass is 10.2. The van der Waals surface area contributed by atoms with E-state index in [9.17, 15) is 4.79 Å². The van der Waals surface area contributed by atoms with Gasteiger partial charge in [0.25, 0.3) is 0 Å². The Kier molecular flexibility index (Phi) is 5.54. The van der Waals surface area contributed by atoms with Crippen LogP contribution in [0.3, 0.4) is 0 Å². The fraction of sp³-hybridized carbons (Fsp3) is 0.385. The van der Waals surface area contributed by atoms with Crippen LogP contribution >= 0.6 is 35.1 Å². The number of nitrogens with one attached hydrogen (secondary N) is 1. The summed E-state index contributed by atoms with van der Waals surface area (Å²) in [7, 11) is 0. The van der Waals surface area contributed by atoms with Gasteiger partial charge in [0.1, 0.15) is 5.01 Å². The van der Waals surface area contributed by atoms with Crippen molar-refractivity contribution >= 4 is 41.0 Å². The quantitative estimate of drug-likeness (QED) is 0.939. The number of hydrogen-bond acceptors (Lipinski definition) is 5. The molecule has 0 spiro atoms. The summed E-state index contributed by atoms with van der Waals surface area (Å²) in [6.45, 7) is 3.40. The third-order valence-electron chi connectivity index (χ3n) is 3.09. The molecule has 0 saturated carbocycles. The average molecular weight is 330 g/mol. The fourth-order valence-corrected chi connectivity index (χ4v) is 3.72. The lowest BCUT2D eigenvalue weighted by Crippen LogP contribution is -2.46. The third-order valence-corrected chi connectivity index (χ3v) is 5.02. The van der Waals surface area contributed by atoms with Crippen LogP contribution in [-0.2, 0) is 11.2 Å². The maximum absolute atomic E-state index is 12.1. The van der Waals surface area contributed by atoms with Crippen LogP contribution in [0.5, 0.6) is 0 Å². The van der Waals surface area contributed by atoms with Crippen LogP contribution in [0, 0.1) is 0 Å². The summed E-state index contributed by atoms with van der Waals surface area (Å²) in [6, 6.07) is 4.08. The molecule has 1 aliphatic rings. The minimum Gasteiger partial charge on any atom is -0.340 e. The number of hydrogen-bond donors (Lipinski definition) is 1. The van der Waals surface area contributed by atoms with Crippen molar-refractivity contribution in [3.63, 3.8) is 0 Å². The second-order valence-corrected chi connectivity index (χ2v) is 6.23. The van der Waals surface area contributed by atoms with E-state index in [4.69, 9.17) is 0 Å². The highest BCUT2D eigenvalue weighted by molar-refractivity contribution is 7.20. The highest BCUT2D eigenvalue weighted by atomic mass is 35.5. The van der Waals surface area contributed by atoms with Crippen LogP contribution in [0.15, 0.2) is 22.9 Å². The number of thiophene rings is 1. The van der Waals surface area contributed by atoms with E-state index in [-0.39, 0.29) is 18.3 Å². The number of rotatable bonds is 3. The summed E-state index contributed by atoms with van der Waals surface area (Å²) in [5.74, 6) is 0.185. The highest BCUT2D eigenvalue weighted by Gasteiger charge is 2.17. The molecule has 0 bridgehead atoms. The van der Waals surface area contributed by atoms with Gasteiger partial charge in [0, 0.05) is 31.6 Å². The Bertz CT molecular complexity index is 550. The third kappa shape index (κ3) is 3.58. The molecule has 0 unspecified atom stereocenters. The van der Waals surface area contributed by atoms with Crippen molar-refractivity contribution in [3.05, 3.63) is 28.6 Å². The maximum atomic E-state index is 12.1. The molecular weight excluding hydrogens is 314 g/mol. The summed E-state index contributed by atoms with van der Waals surface area (Å²) in [6.07, 6.45) is 0.419. The SMILES string of the molecule is Cl.O=C(Cc1csc(-c2cccs2)n1)N1CCNCC1. The van der Waals surface area contributed by atoms with Crippen LogP contribution in [0.2, 0.25) is 0 Å². The average Bonchev–Trinajstić information content (AvgIpc) is 3.10. The lowest BCUT2D eigenvalue weighted by molar-refractivity contribution is -0.131. The smallest absolute Gasteiger partial charge is 0.228 e. The van der Waals surface area contributed by atoms with Gasteiger partial charge in [-0.1, -0.05) is 6.07 Å². The van der Waals surface area contributed by atoms with E-state index in [2.05, 4.69) is 16.4 Å². The van der Waals surface area contributed by atoms with E-state index in [0.717, 1.165) is 36.9 Å². The van der Waals surface area contributed by atoms with Crippen molar-refractivity contribution in [1.29, 1.82) is 0 Å². The van der Waals surface area contributed by atoms with Crippen molar-refractivity contribution in [3.8, 4) is 9.88 Å². The van der Waals surface area contributed by atoms with Crippen molar-refractivity contribution in [1.82, 2.24) is 15.2 Å². The Morgan fingerprint density at radius 1 is 1.35 bits per heavy atom. The Labute approximate surface area is 132 Å². The van der Waals surface area contributed by atoms with Gasteiger partial charge in [-0.25, -0.2) is 4.98 Å². The second-order valence-electron chi connectivity index (χ2n) is 4.43. The van der Waals surface area contributed by atoms with Crippen LogP contribution in [0.1, 0.15) is 5.69 Å². The minimum absolute atomic E-state index is 0. The van der Waals surface area contributed by atoms with Gasteiger partial charge in [0.2, 0.25) is 5.91 Å². The first-order valence-electron chi connectivity index (χ1n) is 6.30. The second kappa shape index (κ2) is 7.17. The van der Waals surface area contributed by atoms with Gasteiger partial charge >= 0.3 is 0 Å². The Morgan fingerprint density at radius 2 is 2.15 bits per heavy atom. The van der Waals surface area contributed by atoms with Gasteiger partial charge in [0.15, 0.2) is 0 Å². The Balaban J connectivity index is 0.00000147. The first kappa shape index (κ1) is 15.4. The number of piperazine rings is 1. The van der Waals surface area contributed by atoms with Gasteiger partial charge in [0.05, 0.1) is 17.0 Å². The predicted molar refractivity (Wildman–Crippen MR) is 85.8 cm³/mol. The summed E-state index contributed by atoms with van der Waals surface area (Å²) >= 11 is 3.29. The topological polar surface area (TPSA) is 45.2 Å². The molecule has 4 nitrogen and oxygen atoms in total. The lowest BCUT2D eigenvalue weighted by Gasteiger charge is -2.27. The summed E-state index contributed by atoms with van der Waals surface area (Å²) in [5, 5.41) is 8.30. The normalized spacial score (nSPS) is 14.9. The molecule has 2 aromatic heterocycles. The monoisotopic (exact) mass is 329 g/mol. The van der Waals surface area contributed by atoms with Crippen LogP contribution in [-0.4, -0.2) is 42.0 Å². The number of amides is 1. The maximum Gasteiger partial charge on any atom is 0.228 e. The molecule has 0 radical (unpaired) electrons. The van der Waals surface area contributed by atoms with Crippen molar-refractivity contribution in [2.45, 2.75) is 6.42 Å². The molecule has 108 valence electrons. The molecule has 3 rings (SSSR count). The van der Waals surface area contributed by atoms with Gasteiger partial charge in [-0.2, -0.15) is 0 Å². The Hall–Kier alpha value is -0.950. The molecule has 3 heterocycles. The molecule has 0 aromatic carbocycles. The number of carbonyl (C=O) groups excluding carboxylic acids is 1. The number of aromatic nitrogens is 1. The molecule has 1 fully saturated rings. The van der Waals surface area contributed by atoms with Crippen molar-refractivity contribution in [2.24, 2.45) is 0 Å². The van der Waals surface area contributed by atoms with Crippen LogP contribution in [0.4, 0.5) is 0 Å². The zero-order valence-corrected chi connectivity index (χ0v) is 13.3. The number of nitrogens with zero attached hydrogens (tertiary/aromatic N) is 2. The highest BCUT2D eigenvalue weighted by Crippen LogP contribution is 2.27. The first-order chi connectivity index (χ1) is 9.33. The van der Waals surface area contributed by atoms with Gasteiger partial charge < -0.3 is 10.2 Å². The molecule has 1 saturated heterocycles. The fourth-order valence-electron chi connectivity index (χ4n) is 2.08. The summed E-state index contributed by atoms with van der Waals surface area (Å²) in [5.41, 5.74) is 0.886. The van der Waals surface area contributed by atoms with E-state index < -0.39 is 0 Å². The molecule has 0 aliphatic carbocycles. The van der Waals surface area contributed by atoms with Gasteiger partial charge in [-0.05, 0) is 11.4 Å². The van der Waals surface area contributed by atoms with Crippen LogP contribution in [0.25, 0.3) is 9.88 Å². The van der Waals surface area contributed by atoms with E-state index in [0.29, 0.717) is 6.42 Å². The van der Waals surface area contributed by atoms with Crippen molar-refractivity contribution in [2.75, 3.05) is 26.2 Å². The zero-order valence-electron chi connectivity index (χ0n) is 10.9. The van der Waals surface area contributed by atoms with Crippen LogP contribution < -0.4 is 5.32 Å². The summed E-state index contributed by atoms with van der Waals surface area (Å²) in [4.78, 5) is 19.8. The van der Waals surface area contributed by atoms with E-state index in [1.807, 2.05) is 21.7 Å². The molecule has 2 aromatic rings. The van der Waals surface area contributed by atoms with Crippen molar-refractivity contribution < 1.29 is 4.79 Å². The molecule has 1 N–H and O–H groups in total. The van der Waals surface area contributed by atoms with E-state index in [1.165, 1.54) is 4.88 Å². The molecule has 1 aliphatic heterocycles. The number of halogens is 1. The Morgan fingerprint density at radius 3 is 2.85 bits per heavy atom. The molecule has 20 heavy (non-hydrogen) atoms. The number of thiazole rings is 1. The summed E-state index contributed by atoms with van der Waals surface area (Å²) < 4.78 is 0. The molecule has 7 heteroatoms. The largest absolute Gasteiger partial charge is 0.340 e.